The third kappa shape index (κ3) is 3.02. The zero-order valence-electron chi connectivity index (χ0n) is 21.3. The molecule has 1 nitrogen and oxygen atoms in total. The molecule has 29 heavy (non-hydrogen) atoms. The molecule has 0 aromatic carbocycles. The Labute approximate surface area is 183 Å². The van der Waals surface area contributed by atoms with Gasteiger partial charge < -0.3 is 4.74 Å². The third-order valence-corrected chi connectivity index (χ3v) is 11.2. The highest BCUT2D eigenvalue weighted by molar-refractivity contribution is 5.26. The van der Waals surface area contributed by atoms with Crippen LogP contribution in [0.15, 0.2) is 0 Å². The van der Waals surface area contributed by atoms with Crippen LogP contribution in [0.5, 0.6) is 0 Å². The lowest BCUT2D eigenvalue weighted by Gasteiger charge is -2.61. The molecule has 0 bridgehead atoms. The summed E-state index contributed by atoms with van der Waals surface area (Å²) in [4.78, 5) is 0. The quantitative estimate of drug-likeness (QED) is 0.459. The van der Waals surface area contributed by atoms with Gasteiger partial charge in [-0.05, 0) is 97.7 Å². The van der Waals surface area contributed by atoms with Crippen LogP contribution in [-0.2, 0) is 4.74 Å². The molecule has 0 saturated heterocycles. The lowest BCUT2D eigenvalue weighted by Crippen LogP contribution is -2.57. The van der Waals surface area contributed by atoms with Crippen LogP contribution in [-0.4, -0.2) is 13.2 Å². The molecule has 10 unspecified atom stereocenters. The summed E-state index contributed by atoms with van der Waals surface area (Å²) in [7, 11) is 2.02. The van der Waals surface area contributed by atoms with Crippen LogP contribution in [0.4, 0.5) is 0 Å². The Bertz CT molecular complexity index is 557. The number of fused-ring (bicyclic) bond motifs is 4. The molecule has 0 aliphatic heterocycles. The van der Waals surface area contributed by atoms with Gasteiger partial charge in [0.05, 0.1) is 6.10 Å². The molecule has 5 aliphatic rings. The van der Waals surface area contributed by atoms with Gasteiger partial charge in [0.25, 0.3) is 0 Å². The average molecular weight is 405 g/mol. The second-order valence-electron chi connectivity index (χ2n) is 11.3. The smallest absolute Gasteiger partial charge is 0.0638 e. The Morgan fingerprint density at radius 3 is 2.21 bits per heavy atom. The lowest BCUT2D eigenvalue weighted by molar-refractivity contribution is -0.161. The molecule has 1 spiro atoms. The van der Waals surface area contributed by atoms with E-state index in [1.807, 2.05) is 34.8 Å². The Balaban J connectivity index is 0.000000568. The molecule has 5 aliphatic carbocycles. The van der Waals surface area contributed by atoms with Crippen molar-refractivity contribution in [2.45, 2.75) is 119 Å². The van der Waals surface area contributed by atoms with Gasteiger partial charge >= 0.3 is 0 Å². The second-order valence-corrected chi connectivity index (χ2v) is 11.3. The molecule has 0 amide bonds. The first-order chi connectivity index (χ1) is 13.9. The SMILES string of the molecule is CC.CC.CCC(C)C1CCC2C3CC(OC)C45CC4CCC5(C)C3CCC12C. The first kappa shape index (κ1) is 23.6. The van der Waals surface area contributed by atoms with Crippen LogP contribution in [0.2, 0.25) is 0 Å². The van der Waals surface area contributed by atoms with Crippen LogP contribution in [0, 0.1) is 51.8 Å². The van der Waals surface area contributed by atoms with Crippen LogP contribution >= 0.6 is 0 Å². The molecule has 5 saturated carbocycles. The molecular weight excluding hydrogens is 352 g/mol. The predicted molar refractivity (Wildman–Crippen MR) is 126 cm³/mol. The van der Waals surface area contributed by atoms with Gasteiger partial charge in [0.1, 0.15) is 0 Å². The molecule has 5 rings (SSSR count). The largest absolute Gasteiger partial charge is 0.381 e. The van der Waals surface area contributed by atoms with Crippen LogP contribution in [0.25, 0.3) is 0 Å². The molecule has 10 atom stereocenters. The van der Waals surface area contributed by atoms with E-state index >= 15 is 0 Å². The summed E-state index contributed by atoms with van der Waals surface area (Å²) in [6, 6.07) is 0. The van der Waals surface area contributed by atoms with E-state index in [4.69, 9.17) is 4.74 Å². The van der Waals surface area contributed by atoms with Gasteiger partial charge in [-0.3, -0.25) is 0 Å². The van der Waals surface area contributed by atoms with Crippen molar-refractivity contribution in [3.8, 4) is 0 Å². The third-order valence-electron chi connectivity index (χ3n) is 11.2. The van der Waals surface area contributed by atoms with Crippen molar-refractivity contribution in [1.82, 2.24) is 0 Å². The molecular formula is C28H52O. The summed E-state index contributed by atoms with van der Waals surface area (Å²) in [5.41, 5.74) is 1.81. The molecule has 5 fully saturated rings. The lowest BCUT2D eigenvalue weighted by atomic mass is 9.45. The summed E-state index contributed by atoms with van der Waals surface area (Å²) < 4.78 is 6.24. The van der Waals surface area contributed by atoms with Gasteiger partial charge in [-0.1, -0.05) is 61.8 Å². The van der Waals surface area contributed by atoms with E-state index in [1.165, 1.54) is 57.8 Å². The van der Waals surface area contributed by atoms with Crippen LogP contribution < -0.4 is 0 Å². The Kier molecular flexibility index (Phi) is 6.91. The van der Waals surface area contributed by atoms with E-state index in [9.17, 15) is 0 Å². The van der Waals surface area contributed by atoms with Gasteiger partial charge in [0, 0.05) is 12.5 Å². The second kappa shape index (κ2) is 8.48. The highest BCUT2D eigenvalue weighted by Gasteiger charge is 2.77. The molecule has 1 heteroatoms. The van der Waals surface area contributed by atoms with Crippen molar-refractivity contribution in [3.63, 3.8) is 0 Å². The van der Waals surface area contributed by atoms with E-state index in [2.05, 4.69) is 27.7 Å². The summed E-state index contributed by atoms with van der Waals surface area (Å²) in [5, 5.41) is 0. The van der Waals surface area contributed by atoms with Gasteiger partial charge in [0.15, 0.2) is 0 Å². The maximum absolute atomic E-state index is 6.24. The Morgan fingerprint density at radius 2 is 1.62 bits per heavy atom. The van der Waals surface area contributed by atoms with Crippen LogP contribution in [0.3, 0.4) is 0 Å². The maximum atomic E-state index is 6.24. The summed E-state index contributed by atoms with van der Waals surface area (Å²) >= 11 is 0. The topological polar surface area (TPSA) is 9.23 Å². The van der Waals surface area contributed by atoms with Crippen molar-refractivity contribution >= 4 is 0 Å². The fraction of sp³-hybridized carbons (Fsp3) is 1.00. The van der Waals surface area contributed by atoms with Crippen molar-refractivity contribution in [1.29, 1.82) is 0 Å². The Morgan fingerprint density at radius 1 is 0.931 bits per heavy atom. The average Bonchev–Trinajstić information content (AvgIpc) is 3.27. The van der Waals surface area contributed by atoms with Crippen molar-refractivity contribution in [2.24, 2.45) is 51.8 Å². The van der Waals surface area contributed by atoms with E-state index in [0.717, 1.165) is 35.5 Å². The molecule has 0 heterocycles. The minimum absolute atomic E-state index is 0.566. The summed E-state index contributed by atoms with van der Waals surface area (Å²) in [5.74, 6) is 5.83. The number of rotatable bonds is 3. The highest BCUT2D eigenvalue weighted by atomic mass is 16.5. The number of methoxy groups -OCH3 is 1. The minimum atomic E-state index is 0.566. The van der Waals surface area contributed by atoms with Crippen molar-refractivity contribution < 1.29 is 4.74 Å². The zero-order valence-corrected chi connectivity index (χ0v) is 21.3. The van der Waals surface area contributed by atoms with Crippen LogP contribution in [0.1, 0.15) is 113 Å². The zero-order chi connectivity index (χ0) is 21.6. The fourth-order valence-electron chi connectivity index (χ4n) is 9.84. The van der Waals surface area contributed by atoms with E-state index < -0.39 is 0 Å². The molecule has 0 N–H and O–H groups in total. The Hall–Kier alpha value is -0.0400. The molecule has 170 valence electrons. The number of hydrogen-bond donors (Lipinski definition) is 0. The van der Waals surface area contributed by atoms with Gasteiger partial charge in [-0.2, -0.15) is 0 Å². The van der Waals surface area contributed by atoms with Crippen molar-refractivity contribution in [3.05, 3.63) is 0 Å². The van der Waals surface area contributed by atoms with Crippen molar-refractivity contribution in [2.75, 3.05) is 7.11 Å². The number of hydrogen-bond acceptors (Lipinski definition) is 1. The summed E-state index contributed by atoms with van der Waals surface area (Å²) in [6.45, 7) is 18.3. The monoisotopic (exact) mass is 404 g/mol. The van der Waals surface area contributed by atoms with Gasteiger partial charge in [0.2, 0.25) is 0 Å². The molecule has 0 aromatic rings. The minimum Gasteiger partial charge on any atom is -0.381 e. The van der Waals surface area contributed by atoms with E-state index in [-0.39, 0.29) is 0 Å². The highest BCUT2D eigenvalue weighted by Crippen LogP contribution is 2.82. The molecule has 0 aromatic heterocycles. The maximum Gasteiger partial charge on any atom is 0.0638 e. The molecule has 0 radical (unpaired) electrons. The van der Waals surface area contributed by atoms with E-state index in [0.29, 0.717) is 22.3 Å². The van der Waals surface area contributed by atoms with Gasteiger partial charge in [-0.15, -0.1) is 0 Å². The number of ether oxygens (including phenoxy) is 1. The summed E-state index contributed by atoms with van der Waals surface area (Å²) in [6.07, 6.45) is 13.9. The normalized spacial score (nSPS) is 52.4. The first-order valence-electron chi connectivity index (χ1n) is 13.4. The first-order valence-corrected chi connectivity index (χ1v) is 13.4. The van der Waals surface area contributed by atoms with E-state index in [1.54, 1.807) is 0 Å². The standard InChI is InChI=1S/C24H40O.2C2H6/c1-6-15(2)18-7-8-19-17-13-21(25-5)24-14-16(24)9-12-23(24,4)20(17)10-11-22(18,19)3;2*1-2/h15-21H,6-14H2,1-5H3;2*1-2H3. The fourth-order valence-corrected chi connectivity index (χ4v) is 9.84. The van der Waals surface area contributed by atoms with Gasteiger partial charge in [-0.25, -0.2) is 0 Å². The predicted octanol–water partition coefficient (Wildman–Crippen LogP) is 8.37.